The van der Waals surface area contributed by atoms with Crippen LogP contribution < -0.4 is 5.32 Å². The fraction of sp³-hybridized carbons (Fsp3) is 0.143. The molecule has 4 nitrogen and oxygen atoms in total. The Balaban J connectivity index is 2.17. The van der Waals surface area contributed by atoms with E-state index in [1.165, 1.54) is 12.1 Å². The van der Waals surface area contributed by atoms with Crippen LogP contribution in [-0.2, 0) is 6.54 Å². The van der Waals surface area contributed by atoms with Gasteiger partial charge in [0.2, 0.25) is 0 Å². The van der Waals surface area contributed by atoms with E-state index in [9.17, 15) is 14.5 Å². The van der Waals surface area contributed by atoms with Crippen LogP contribution in [0, 0.1) is 22.9 Å². The van der Waals surface area contributed by atoms with Crippen molar-refractivity contribution in [3.05, 3.63) is 67.9 Å². The van der Waals surface area contributed by atoms with Crippen LogP contribution in [0.1, 0.15) is 11.1 Å². The highest BCUT2D eigenvalue weighted by Gasteiger charge is 2.12. The van der Waals surface area contributed by atoms with Gasteiger partial charge in [-0.2, -0.15) is 0 Å². The van der Waals surface area contributed by atoms with E-state index < -0.39 is 4.92 Å². The van der Waals surface area contributed by atoms with E-state index in [1.807, 2.05) is 0 Å². The number of anilines is 1. The molecule has 0 aliphatic carbocycles. The summed E-state index contributed by atoms with van der Waals surface area (Å²) < 4.78 is 13.5. The third-order valence-corrected chi connectivity index (χ3v) is 3.58. The molecule has 20 heavy (non-hydrogen) atoms. The van der Waals surface area contributed by atoms with Gasteiger partial charge in [0.15, 0.2) is 0 Å². The van der Waals surface area contributed by atoms with Crippen LogP contribution in [0.3, 0.4) is 0 Å². The standard InChI is InChI=1S/C14H12BrFN2O2/c1-9-13(3-2-4-14(9)18(19)20)17-8-10-5-6-12(16)11(15)7-10/h2-7,17H,8H2,1H3. The Kier molecular flexibility index (Phi) is 4.34. The maximum Gasteiger partial charge on any atom is 0.274 e. The second kappa shape index (κ2) is 6.00. The van der Waals surface area contributed by atoms with Crippen molar-refractivity contribution in [2.45, 2.75) is 13.5 Å². The maximum atomic E-state index is 13.1. The Morgan fingerprint density at radius 3 is 2.75 bits per heavy atom. The summed E-state index contributed by atoms with van der Waals surface area (Å²) in [4.78, 5) is 10.5. The molecule has 0 fully saturated rings. The van der Waals surface area contributed by atoms with E-state index in [-0.39, 0.29) is 11.5 Å². The Morgan fingerprint density at radius 1 is 1.35 bits per heavy atom. The van der Waals surface area contributed by atoms with Crippen molar-refractivity contribution in [1.29, 1.82) is 0 Å². The molecule has 0 aliphatic heterocycles. The molecule has 6 heteroatoms. The number of nitro benzene ring substituents is 1. The Morgan fingerprint density at radius 2 is 2.10 bits per heavy atom. The molecule has 0 aliphatic rings. The number of nitro groups is 1. The highest BCUT2D eigenvalue weighted by atomic mass is 79.9. The summed E-state index contributed by atoms with van der Waals surface area (Å²) >= 11 is 3.13. The number of hydrogen-bond donors (Lipinski definition) is 1. The highest BCUT2D eigenvalue weighted by Crippen LogP contribution is 2.25. The van der Waals surface area contributed by atoms with Gasteiger partial charge in [-0.15, -0.1) is 0 Å². The lowest BCUT2D eigenvalue weighted by atomic mass is 10.1. The summed E-state index contributed by atoms with van der Waals surface area (Å²) in [7, 11) is 0. The first kappa shape index (κ1) is 14.5. The van der Waals surface area contributed by atoms with Crippen LogP contribution in [0.4, 0.5) is 15.8 Å². The van der Waals surface area contributed by atoms with Crippen molar-refractivity contribution >= 4 is 27.3 Å². The van der Waals surface area contributed by atoms with Gasteiger partial charge in [-0.05, 0) is 46.6 Å². The number of nitrogens with one attached hydrogen (secondary N) is 1. The molecule has 0 aromatic heterocycles. The zero-order valence-corrected chi connectivity index (χ0v) is 12.3. The van der Waals surface area contributed by atoms with Gasteiger partial charge in [0, 0.05) is 23.9 Å². The molecule has 0 saturated heterocycles. The van der Waals surface area contributed by atoms with Crippen LogP contribution in [0.25, 0.3) is 0 Å². The zero-order valence-electron chi connectivity index (χ0n) is 10.7. The molecule has 0 atom stereocenters. The fourth-order valence-electron chi connectivity index (χ4n) is 1.86. The molecule has 0 spiro atoms. The van der Waals surface area contributed by atoms with Gasteiger partial charge in [0.1, 0.15) is 5.82 Å². The molecule has 0 radical (unpaired) electrons. The van der Waals surface area contributed by atoms with Gasteiger partial charge in [-0.25, -0.2) is 4.39 Å². The minimum absolute atomic E-state index is 0.0790. The molecule has 2 rings (SSSR count). The summed E-state index contributed by atoms with van der Waals surface area (Å²) in [6.07, 6.45) is 0. The summed E-state index contributed by atoms with van der Waals surface area (Å²) in [6, 6.07) is 9.60. The smallest absolute Gasteiger partial charge is 0.274 e. The molecular weight excluding hydrogens is 327 g/mol. The first-order chi connectivity index (χ1) is 9.49. The molecule has 0 bridgehead atoms. The van der Waals surface area contributed by atoms with Crippen molar-refractivity contribution < 1.29 is 9.31 Å². The predicted octanol–water partition coefficient (Wildman–Crippen LogP) is 4.42. The predicted molar refractivity (Wildman–Crippen MR) is 79.3 cm³/mol. The van der Waals surface area contributed by atoms with Crippen molar-refractivity contribution in [3.63, 3.8) is 0 Å². The average molecular weight is 339 g/mol. The number of hydrogen-bond acceptors (Lipinski definition) is 3. The minimum atomic E-state index is -0.408. The van der Waals surface area contributed by atoms with Gasteiger partial charge >= 0.3 is 0 Å². The lowest BCUT2D eigenvalue weighted by molar-refractivity contribution is -0.385. The molecule has 0 heterocycles. The zero-order chi connectivity index (χ0) is 14.7. The summed E-state index contributed by atoms with van der Waals surface area (Å²) in [5.74, 6) is -0.319. The van der Waals surface area contributed by atoms with E-state index in [4.69, 9.17) is 0 Å². The van der Waals surface area contributed by atoms with Gasteiger partial charge in [-0.1, -0.05) is 12.1 Å². The maximum absolute atomic E-state index is 13.1. The van der Waals surface area contributed by atoms with Gasteiger partial charge in [-0.3, -0.25) is 10.1 Å². The minimum Gasteiger partial charge on any atom is -0.381 e. The lowest BCUT2D eigenvalue weighted by Gasteiger charge is -2.10. The molecule has 2 aromatic carbocycles. The molecule has 2 aromatic rings. The summed E-state index contributed by atoms with van der Waals surface area (Å²) in [6.45, 7) is 2.15. The topological polar surface area (TPSA) is 55.2 Å². The first-order valence-corrected chi connectivity index (χ1v) is 6.70. The van der Waals surface area contributed by atoms with Crippen LogP contribution in [0.2, 0.25) is 0 Å². The highest BCUT2D eigenvalue weighted by molar-refractivity contribution is 9.10. The monoisotopic (exact) mass is 338 g/mol. The SMILES string of the molecule is Cc1c(NCc2ccc(F)c(Br)c2)cccc1[N+](=O)[O-]. The van der Waals surface area contributed by atoms with Crippen LogP contribution in [-0.4, -0.2) is 4.92 Å². The van der Waals surface area contributed by atoms with Crippen LogP contribution in [0.15, 0.2) is 40.9 Å². The molecule has 0 unspecified atom stereocenters. The van der Waals surface area contributed by atoms with Crippen molar-refractivity contribution in [2.24, 2.45) is 0 Å². The Bertz CT molecular complexity index is 662. The molecule has 0 amide bonds. The largest absolute Gasteiger partial charge is 0.381 e. The third-order valence-electron chi connectivity index (χ3n) is 2.97. The molecule has 0 saturated carbocycles. The van der Waals surface area contributed by atoms with E-state index in [1.54, 1.807) is 31.2 Å². The average Bonchev–Trinajstić information content (AvgIpc) is 2.41. The van der Waals surface area contributed by atoms with Gasteiger partial charge in [0.25, 0.3) is 5.69 Å². The van der Waals surface area contributed by atoms with Crippen molar-refractivity contribution in [3.8, 4) is 0 Å². The summed E-state index contributed by atoms with van der Waals surface area (Å²) in [5.41, 5.74) is 2.23. The van der Waals surface area contributed by atoms with Crippen molar-refractivity contribution in [1.82, 2.24) is 0 Å². The first-order valence-electron chi connectivity index (χ1n) is 5.91. The lowest BCUT2D eigenvalue weighted by Crippen LogP contribution is -2.03. The van der Waals surface area contributed by atoms with E-state index in [0.29, 0.717) is 22.3 Å². The quantitative estimate of drug-likeness (QED) is 0.663. The Labute approximate surface area is 123 Å². The van der Waals surface area contributed by atoms with Gasteiger partial charge < -0.3 is 5.32 Å². The molecule has 104 valence electrons. The molecular formula is C14H12BrFN2O2. The number of benzene rings is 2. The van der Waals surface area contributed by atoms with Crippen LogP contribution in [0.5, 0.6) is 0 Å². The molecule has 1 N–H and O–H groups in total. The number of nitrogens with zero attached hydrogens (tertiary/aromatic N) is 1. The fourth-order valence-corrected chi connectivity index (χ4v) is 2.29. The van der Waals surface area contributed by atoms with E-state index in [0.717, 1.165) is 5.56 Å². The van der Waals surface area contributed by atoms with E-state index in [2.05, 4.69) is 21.2 Å². The second-order valence-corrected chi connectivity index (χ2v) is 5.16. The van der Waals surface area contributed by atoms with Crippen LogP contribution >= 0.6 is 15.9 Å². The number of rotatable bonds is 4. The van der Waals surface area contributed by atoms with Crippen molar-refractivity contribution in [2.75, 3.05) is 5.32 Å². The summed E-state index contributed by atoms with van der Waals surface area (Å²) in [5, 5.41) is 14.0. The number of halogens is 2. The third kappa shape index (κ3) is 3.14. The van der Waals surface area contributed by atoms with Gasteiger partial charge in [0.05, 0.1) is 9.40 Å². The normalized spacial score (nSPS) is 10.3. The Hall–Kier alpha value is -1.95. The van der Waals surface area contributed by atoms with E-state index >= 15 is 0 Å². The second-order valence-electron chi connectivity index (χ2n) is 4.31.